The van der Waals surface area contributed by atoms with Crippen molar-refractivity contribution in [2.75, 3.05) is 41.2 Å². The number of fused-ring (bicyclic) bond motifs is 1. The Morgan fingerprint density at radius 2 is 1.92 bits per heavy atom. The van der Waals surface area contributed by atoms with Gasteiger partial charge in [0.25, 0.3) is 0 Å². The fourth-order valence-corrected chi connectivity index (χ4v) is 11.2. The maximum absolute atomic E-state index is 13.4. The molecule has 3 spiro atoms. The summed E-state index contributed by atoms with van der Waals surface area (Å²) in [7, 11) is 5.15. The molecule has 0 aromatic carbocycles. The molecule has 7 bridgehead atoms. The van der Waals surface area contributed by atoms with Crippen LogP contribution >= 0.6 is 0 Å². The average Bonchev–Trinajstić information content (AvgIpc) is 3.40. The third-order valence-electron chi connectivity index (χ3n) is 11.7. The van der Waals surface area contributed by atoms with Gasteiger partial charge in [0.05, 0.1) is 35.4 Å². The molecule has 9 heteroatoms. The standard InChI is InChI=1S/C27H39NO8/c1-7-28-12-23(3)9-8-17(32-5)26-20(23)21(36-14(2)29)27(22(26)28)25(34-13-35-27)11-16(31-4)15-10-24(26,30)19(25)18(15)33-6/h8-9,15-22,30H,7,10-13H2,1-6H3/t15-,16+,17+,18-,19+,20-,21-,22+,23+,24+,25+,26-,27-/m1/s1. The zero-order valence-electron chi connectivity index (χ0n) is 22.1. The molecule has 13 atom stereocenters. The first-order chi connectivity index (χ1) is 17.2. The zero-order valence-corrected chi connectivity index (χ0v) is 22.1. The molecule has 2 heterocycles. The number of nitrogens with zero attached hydrogens (tertiary/aromatic N) is 1. The largest absolute Gasteiger partial charge is 0.459 e. The van der Waals surface area contributed by atoms with Gasteiger partial charge >= 0.3 is 5.97 Å². The Balaban J connectivity index is 1.62. The molecule has 4 saturated carbocycles. The topological polar surface area (TPSA) is 95.9 Å². The number of piperidine rings is 1. The number of carbonyl (C=O) groups is 1. The SMILES string of the molecule is CCN1C[C@]2(C)C=C[C@H](OC)[C@@]34[C@H]1[C@]1(OCO[C@]15C[C@H](OC)[C@H]1C[C@]3(O)[C@@H]5[C@@H]1OC)[C@H](OC(C)=O)[C@@H]42. The molecule has 0 radical (unpaired) electrons. The smallest absolute Gasteiger partial charge is 0.303 e. The van der Waals surface area contributed by atoms with E-state index in [0.29, 0.717) is 12.8 Å². The minimum absolute atomic E-state index is 0.00764. The molecule has 6 fully saturated rings. The molecule has 36 heavy (non-hydrogen) atoms. The van der Waals surface area contributed by atoms with Crippen LogP contribution in [-0.2, 0) is 33.2 Å². The lowest BCUT2D eigenvalue weighted by Gasteiger charge is -2.70. The van der Waals surface area contributed by atoms with E-state index in [4.69, 9.17) is 28.4 Å². The lowest BCUT2D eigenvalue weighted by Crippen LogP contribution is -2.85. The van der Waals surface area contributed by atoms with Gasteiger partial charge in [-0.25, -0.2) is 0 Å². The van der Waals surface area contributed by atoms with Gasteiger partial charge in [-0.3, -0.25) is 9.69 Å². The number of hydrogen-bond donors (Lipinski definition) is 1. The van der Waals surface area contributed by atoms with Gasteiger partial charge in [-0.1, -0.05) is 26.0 Å². The van der Waals surface area contributed by atoms with Crippen molar-refractivity contribution in [1.82, 2.24) is 4.90 Å². The highest BCUT2D eigenvalue weighted by molar-refractivity contribution is 5.67. The van der Waals surface area contributed by atoms with Crippen LogP contribution in [0.4, 0.5) is 0 Å². The zero-order chi connectivity index (χ0) is 25.5. The number of carbonyl (C=O) groups excluding carboxylic acids is 1. The van der Waals surface area contributed by atoms with Crippen LogP contribution in [0.5, 0.6) is 0 Å². The second-order valence-corrected chi connectivity index (χ2v) is 12.5. The Bertz CT molecular complexity index is 1020. The molecule has 9 nitrogen and oxygen atoms in total. The maximum atomic E-state index is 13.4. The number of likely N-dealkylation sites (N-methyl/N-ethyl adjacent to an activating group) is 1. The molecular formula is C27H39NO8. The second kappa shape index (κ2) is 7.11. The van der Waals surface area contributed by atoms with Gasteiger partial charge in [0, 0.05) is 64.4 Å². The van der Waals surface area contributed by atoms with Crippen molar-refractivity contribution < 1.29 is 38.3 Å². The Labute approximate surface area is 212 Å². The van der Waals surface area contributed by atoms with Gasteiger partial charge in [0.2, 0.25) is 0 Å². The Morgan fingerprint density at radius 3 is 2.56 bits per heavy atom. The lowest BCUT2D eigenvalue weighted by molar-refractivity contribution is -0.317. The summed E-state index contributed by atoms with van der Waals surface area (Å²) in [6, 6.07) is -0.275. The number of aliphatic hydroxyl groups is 1. The summed E-state index contributed by atoms with van der Waals surface area (Å²) < 4.78 is 38.5. The van der Waals surface area contributed by atoms with E-state index in [0.717, 1.165) is 13.1 Å². The number of ether oxygens (including phenoxy) is 6. The summed E-state index contributed by atoms with van der Waals surface area (Å²) in [5.74, 6) is -0.940. The highest BCUT2D eigenvalue weighted by Gasteiger charge is 2.97. The van der Waals surface area contributed by atoms with Crippen LogP contribution in [0, 0.1) is 28.6 Å². The van der Waals surface area contributed by atoms with Crippen molar-refractivity contribution >= 4 is 5.97 Å². The number of rotatable bonds is 5. The Morgan fingerprint density at radius 1 is 1.14 bits per heavy atom. The number of methoxy groups -OCH3 is 3. The summed E-state index contributed by atoms with van der Waals surface area (Å²) in [6.45, 7) is 7.45. The third-order valence-corrected chi connectivity index (χ3v) is 11.7. The van der Waals surface area contributed by atoms with Crippen LogP contribution in [0.1, 0.15) is 33.6 Å². The van der Waals surface area contributed by atoms with Crippen molar-refractivity contribution in [1.29, 1.82) is 0 Å². The molecule has 7 aliphatic rings. The monoisotopic (exact) mass is 505 g/mol. The van der Waals surface area contributed by atoms with Gasteiger partial charge < -0.3 is 33.5 Å². The highest BCUT2D eigenvalue weighted by Crippen LogP contribution is 2.83. The molecule has 2 aliphatic heterocycles. The molecule has 0 unspecified atom stereocenters. The molecule has 5 aliphatic carbocycles. The summed E-state index contributed by atoms with van der Waals surface area (Å²) in [6.07, 6.45) is 3.95. The number of likely N-dealkylation sites (tertiary alicyclic amines) is 1. The first-order valence-corrected chi connectivity index (χ1v) is 13.4. The number of hydrogen-bond acceptors (Lipinski definition) is 9. The first-order valence-electron chi connectivity index (χ1n) is 13.4. The van der Waals surface area contributed by atoms with Gasteiger partial charge in [0.1, 0.15) is 18.5 Å². The molecular weight excluding hydrogens is 466 g/mol. The lowest BCUT2D eigenvalue weighted by atomic mass is 9.42. The van der Waals surface area contributed by atoms with Crippen molar-refractivity contribution in [2.24, 2.45) is 28.6 Å². The van der Waals surface area contributed by atoms with E-state index < -0.39 is 34.4 Å². The Kier molecular flexibility index (Phi) is 4.74. The predicted octanol–water partition coefficient (Wildman–Crippen LogP) is 1.13. The fourth-order valence-electron chi connectivity index (χ4n) is 11.2. The minimum atomic E-state index is -1.21. The van der Waals surface area contributed by atoms with Crippen LogP contribution in [0.25, 0.3) is 0 Å². The average molecular weight is 506 g/mol. The normalized spacial score (nSPS) is 59.8. The summed E-state index contributed by atoms with van der Waals surface area (Å²) in [4.78, 5) is 15.2. The van der Waals surface area contributed by atoms with Gasteiger partial charge in [0.15, 0.2) is 5.60 Å². The van der Waals surface area contributed by atoms with Crippen molar-refractivity contribution in [3.63, 3.8) is 0 Å². The van der Waals surface area contributed by atoms with Gasteiger partial charge in [-0.2, -0.15) is 0 Å². The summed E-state index contributed by atoms with van der Waals surface area (Å²) in [5.41, 5.74) is -4.32. The molecule has 0 amide bonds. The van der Waals surface area contributed by atoms with Crippen LogP contribution in [0.15, 0.2) is 12.2 Å². The van der Waals surface area contributed by atoms with E-state index >= 15 is 0 Å². The van der Waals surface area contributed by atoms with Gasteiger partial charge in [-0.15, -0.1) is 0 Å². The maximum Gasteiger partial charge on any atom is 0.303 e. The molecule has 2 saturated heterocycles. The summed E-state index contributed by atoms with van der Waals surface area (Å²) in [5, 5.41) is 13.4. The molecule has 0 aromatic rings. The van der Waals surface area contributed by atoms with E-state index in [1.807, 2.05) is 0 Å². The van der Waals surface area contributed by atoms with E-state index in [1.54, 1.807) is 21.3 Å². The van der Waals surface area contributed by atoms with Crippen LogP contribution in [0.3, 0.4) is 0 Å². The van der Waals surface area contributed by atoms with Crippen LogP contribution in [-0.4, -0.2) is 104 Å². The van der Waals surface area contributed by atoms with E-state index in [-0.39, 0.29) is 54.2 Å². The van der Waals surface area contributed by atoms with E-state index in [9.17, 15) is 9.90 Å². The van der Waals surface area contributed by atoms with E-state index in [1.165, 1.54) is 6.92 Å². The van der Waals surface area contributed by atoms with Crippen molar-refractivity contribution in [2.45, 2.75) is 80.9 Å². The Hall–Kier alpha value is -1.07. The van der Waals surface area contributed by atoms with Crippen molar-refractivity contribution in [3.8, 4) is 0 Å². The minimum Gasteiger partial charge on any atom is -0.459 e. The third kappa shape index (κ3) is 2.12. The highest BCUT2D eigenvalue weighted by atomic mass is 16.7. The quantitative estimate of drug-likeness (QED) is 0.436. The fraction of sp³-hybridized carbons (Fsp3) is 0.889. The van der Waals surface area contributed by atoms with E-state index in [2.05, 4.69) is 30.9 Å². The van der Waals surface area contributed by atoms with Crippen LogP contribution < -0.4 is 0 Å². The predicted molar refractivity (Wildman–Crippen MR) is 126 cm³/mol. The second-order valence-electron chi connectivity index (χ2n) is 12.5. The van der Waals surface area contributed by atoms with Crippen molar-refractivity contribution in [3.05, 3.63) is 12.2 Å². The first kappa shape index (κ1) is 24.0. The summed E-state index contributed by atoms with van der Waals surface area (Å²) >= 11 is 0. The molecule has 200 valence electrons. The molecule has 0 aromatic heterocycles. The van der Waals surface area contributed by atoms with Crippen LogP contribution in [0.2, 0.25) is 0 Å². The molecule has 7 rings (SSSR count). The number of esters is 1. The van der Waals surface area contributed by atoms with Gasteiger partial charge in [-0.05, 0) is 13.0 Å². The molecule has 1 N–H and O–H groups in total.